The van der Waals surface area contributed by atoms with Crippen LogP contribution in [0.25, 0.3) is 0 Å². The summed E-state index contributed by atoms with van der Waals surface area (Å²) in [6.45, 7) is 9.88. The summed E-state index contributed by atoms with van der Waals surface area (Å²) < 4.78 is 5.28. The molecule has 0 aliphatic heterocycles. The largest absolute Gasteiger partial charge is 0.497 e. The Bertz CT molecular complexity index is 381. The molecule has 2 atom stereocenters. The molecule has 1 aromatic carbocycles. The summed E-state index contributed by atoms with van der Waals surface area (Å²) in [5.74, 6) is 2.06. The molecule has 0 spiro atoms. The summed E-state index contributed by atoms with van der Waals surface area (Å²) in [4.78, 5) is 0. The van der Waals surface area contributed by atoms with Crippen molar-refractivity contribution in [3.05, 3.63) is 29.3 Å². The van der Waals surface area contributed by atoms with E-state index in [9.17, 15) is 0 Å². The Morgan fingerprint density at radius 2 is 2.05 bits per heavy atom. The van der Waals surface area contributed by atoms with E-state index < -0.39 is 0 Å². The van der Waals surface area contributed by atoms with Gasteiger partial charge < -0.3 is 10.1 Å². The molecule has 2 unspecified atom stereocenters. The molecule has 0 heterocycles. The number of aryl methyl sites for hydroxylation is 1. The van der Waals surface area contributed by atoms with E-state index in [2.05, 4.69) is 51.2 Å². The second-order valence-electron chi connectivity index (χ2n) is 4.88. The highest BCUT2D eigenvalue weighted by Gasteiger charge is 2.14. The quantitative estimate of drug-likeness (QED) is 0.772. The molecule has 1 N–H and O–H groups in total. The van der Waals surface area contributed by atoms with E-state index in [0.29, 0.717) is 6.04 Å². The van der Waals surface area contributed by atoms with Crippen molar-refractivity contribution in [3.63, 3.8) is 0 Å². The van der Waals surface area contributed by atoms with Crippen molar-refractivity contribution in [3.8, 4) is 5.75 Å². The first-order chi connectivity index (χ1) is 9.12. The van der Waals surface area contributed by atoms with Crippen molar-refractivity contribution in [2.75, 3.05) is 19.4 Å². The van der Waals surface area contributed by atoms with Gasteiger partial charge in [0.25, 0.3) is 0 Å². The lowest BCUT2D eigenvalue weighted by Crippen LogP contribution is -2.24. The van der Waals surface area contributed by atoms with Gasteiger partial charge in [-0.15, -0.1) is 0 Å². The predicted molar refractivity (Wildman–Crippen MR) is 86.4 cm³/mol. The van der Waals surface area contributed by atoms with E-state index in [1.54, 1.807) is 7.11 Å². The summed E-state index contributed by atoms with van der Waals surface area (Å²) in [6, 6.07) is 6.79. The van der Waals surface area contributed by atoms with Crippen molar-refractivity contribution in [1.29, 1.82) is 0 Å². The van der Waals surface area contributed by atoms with Crippen LogP contribution in [-0.2, 0) is 0 Å². The molecule has 3 heteroatoms. The van der Waals surface area contributed by atoms with Crippen LogP contribution in [0, 0.1) is 6.92 Å². The van der Waals surface area contributed by atoms with Crippen LogP contribution in [0.1, 0.15) is 44.4 Å². The van der Waals surface area contributed by atoms with Crippen LogP contribution in [0.2, 0.25) is 0 Å². The second-order valence-corrected chi connectivity index (χ2v) is 6.36. The van der Waals surface area contributed by atoms with E-state index in [-0.39, 0.29) is 0 Å². The van der Waals surface area contributed by atoms with Gasteiger partial charge in [0, 0.05) is 17.0 Å². The number of rotatable bonds is 8. The lowest BCUT2D eigenvalue weighted by molar-refractivity contribution is 0.414. The molecule has 108 valence electrons. The molecule has 0 aliphatic carbocycles. The van der Waals surface area contributed by atoms with Crippen molar-refractivity contribution in [2.45, 2.75) is 45.4 Å². The minimum absolute atomic E-state index is 0.426. The fourth-order valence-corrected chi connectivity index (χ4v) is 3.10. The first kappa shape index (κ1) is 16.4. The molecular weight excluding hydrogens is 254 g/mol. The molecule has 0 amide bonds. The predicted octanol–water partition coefficient (Wildman–Crippen LogP) is 4.19. The number of benzene rings is 1. The fraction of sp³-hybridized carbons (Fsp3) is 0.625. The third-order valence-corrected chi connectivity index (χ3v) is 4.85. The van der Waals surface area contributed by atoms with Gasteiger partial charge in [0.2, 0.25) is 0 Å². The highest BCUT2D eigenvalue weighted by atomic mass is 32.2. The van der Waals surface area contributed by atoms with Gasteiger partial charge in [0.15, 0.2) is 0 Å². The first-order valence-electron chi connectivity index (χ1n) is 7.11. The maximum absolute atomic E-state index is 5.28. The van der Waals surface area contributed by atoms with Crippen molar-refractivity contribution in [1.82, 2.24) is 5.32 Å². The molecule has 1 rings (SSSR count). The highest BCUT2D eigenvalue weighted by Crippen LogP contribution is 2.27. The van der Waals surface area contributed by atoms with Crippen molar-refractivity contribution >= 4 is 11.8 Å². The Hall–Kier alpha value is -0.670. The maximum Gasteiger partial charge on any atom is 0.119 e. The molecule has 2 nitrogen and oxygen atoms in total. The van der Waals surface area contributed by atoms with E-state index in [0.717, 1.165) is 23.3 Å². The summed E-state index contributed by atoms with van der Waals surface area (Å²) in [5, 5.41) is 4.32. The zero-order valence-corrected chi connectivity index (χ0v) is 13.6. The van der Waals surface area contributed by atoms with Gasteiger partial charge >= 0.3 is 0 Å². The van der Waals surface area contributed by atoms with Gasteiger partial charge in [0.05, 0.1) is 7.11 Å². The average Bonchev–Trinajstić information content (AvgIpc) is 2.43. The Morgan fingerprint density at radius 3 is 2.58 bits per heavy atom. The smallest absolute Gasteiger partial charge is 0.119 e. The molecule has 0 aromatic heterocycles. The van der Waals surface area contributed by atoms with E-state index >= 15 is 0 Å². The van der Waals surface area contributed by atoms with Crippen LogP contribution in [0.3, 0.4) is 0 Å². The molecular formula is C16H27NOS. The monoisotopic (exact) mass is 281 g/mol. The van der Waals surface area contributed by atoms with Crippen LogP contribution in [0.4, 0.5) is 0 Å². The fourth-order valence-electron chi connectivity index (χ4n) is 2.05. The normalized spacial score (nSPS) is 14.2. The summed E-state index contributed by atoms with van der Waals surface area (Å²) in [7, 11) is 1.72. The number of hydrogen-bond donors (Lipinski definition) is 1. The topological polar surface area (TPSA) is 21.3 Å². The number of hydrogen-bond acceptors (Lipinski definition) is 3. The van der Waals surface area contributed by atoms with Gasteiger partial charge in [-0.05, 0) is 43.1 Å². The van der Waals surface area contributed by atoms with Crippen LogP contribution in [0.5, 0.6) is 5.75 Å². The minimum Gasteiger partial charge on any atom is -0.497 e. The van der Waals surface area contributed by atoms with Crippen LogP contribution < -0.4 is 10.1 Å². The molecule has 0 fully saturated rings. The van der Waals surface area contributed by atoms with E-state index in [1.165, 1.54) is 17.5 Å². The summed E-state index contributed by atoms with van der Waals surface area (Å²) in [6.07, 6.45) is 1.23. The highest BCUT2D eigenvalue weighted by molar-refractivity contribution is 7.99. The molecule has 0 saturated heterocycles. The standard InChI is InChI=1S/C16H27NOS/c1-6-13(4)19-11-16(17-7-2)15-9-8-14(18-5)10-12(15)3/h8-10,13,16-17H,6-7,11H2,1-5H3. The molecule has 19 heavy (non-hydrogen) atoms. The van der Waals surface area contributed by atoms with Crippen LogP contribution in [0.15, 0.2) is 18.2 Å². The summed E-state index contributed by atoms with van der Waals surface area (Å²) in [5.41, 5.74) is 2.69. The molecule has 0 radical (unpaired) electrons. The first-order valence-corrected chi connectivity index (χ1v) is 8.16. The minimum atomic E-state index is 0.426. The lowest BCUT2D eigenvalue weighted by Gasteiger charge is -2.22. The lowest BCUT2D eigenvalue weighted by atomic mass is 10.0. The Morgan fingerprint density at radius 1 is 1.32 bits per heavy atom. The van der Waals surface area contributed by atoms with Gasteiger partial charge in [-0.2, -0.15) is 11.8 Å². The van der Waals surface area contributed by atoms with Crippen LogP contribution in [-0.4, -0.2) is 24.7 Å². The van der Waals surface area contributed by atoms with Gasteiger partial charge in [-0.3, -0.25) is 0 Å². The van der Waals surface area contributed by atoms with Gasteiger partial charge in [0.1, 0.15) is 5.75 Å². The van der Waals surface area contributed by atoms with E-state index in [4.69, 9.17) is 4.74 Å². The zero-order valence-electron chi connectivity index (χ0n) is 12.8. The molecule has 0 aliphatic rings. The SMILES string of the molecule is CCNC(CSC(C)CC)c1ccc(OC)cc1C. The Balaban J connectivity index is 2.80. The molecule has 0 saturated carbocycles. The van der Waals surface area contributed by atoms with Crippen LogP contribution >= 0.6 is 11.8 Å². The maximum atomic E-state index is 5.28. The second kappa shape index (κ2) is 8.49. The average molecular weight is 281 g/mol. The van der Waals surface area contributed by atoms with E-state index in [1.807, 2.05) is 11.8 Å². The van der Waals surface area contributed by atoms with Gasteiger partial charge in [-0.25, -0.2) is 0 Å². The number of nitrogens with one attached hydrogen (secondary N) is 1. The molecule has 0 bridgehead atoms. The third-order valence-electron chi connectivity index (χ3n) is 3.43. The number of thioether (sulfide) groups is 1. The third kappa shape index (κ3) is 5.07. The van der Waals surface area contributed by atoms with Gasteiger partial charge in [-0.1, -0.05) is 26.8 Å². The van der Waals surface area contributed by atoms with Crippen molar-refractivity contribution < 1.29 is 4.74 Å². The molecule has 1 aromatic rings. The zero-order chi connectivity index (χ0) is 14.3. The van der Waals surface area contributed by atoms with Crippen molar-refractivity contribution in [2.24, 2.45) is 0 Å². The number of methoxy groups -OCH3 is 1. The Labute approximate surface area is 122 Å². The number of ether oxygens (including phenoxy) is 1. The Kier molecular flexibility index (Phi) is 7.32. The summed E-state index contributed by atoms with van der Waals surface area (Å²) >= 11 is 2.04.